The second-order valence-corrected chi connectivity index (χ2v) is 7.67. The smallest absolute Gasteiger partial charge is 0.266 e. The molecule has 0 spiro atoms. The molecule has 0 radical (unpaired) electrons. The fraction of sp³-hybridized carbons (Fsp3) is 0.333. The van der Waals surface area contributed by atoms with Crippen LogP contribution in [0.4, 0.5) is 0 Å². The van der Waals surface area contributed by atoms with Gasteiger partial charge in [-0.05, 0) is 37.3 Å². The Morgan fingerprint density at radius 2 is 1.96 bits per heavy atom. The van der Waals surface area contributed by atoms with E-state index in [0.29, 0.717) is 30.0 Å². The van der Waals surface area contributed by atoms with Crippen LogP contribution < -0.4 is 15.6 Å². The summed E-state index contributed by atoms with van der Waals surface area (Å²) < 4.78 is 8.42. The Morgan fingerprint density at radius 3 is 2.75 bits per heavy atom. The summed E-state index contributed by atoms with van der Waals surface area (Å²) in [5, 5.41) is 3.97. The summed E-state index contributed by atoms with van der Waals surface area (Å²) in [6.45, 7) is 6.82. The fourth-order valence-corrected chi connectivity index (χ4v) is 3.89. The minimum absolute atomic E-state index is 0.0743. The van der Waals surface area contributed by atoms with E-state index in [1.165, 1.54) is 0 Å². The molecular formula is C21H23BrN4O2. The molecule has 0 saturated carbocycles. The monoisotopic (exact) mass is 442 g/mol. The third kappa shape index (κ3) is 3.83. The lowest BCUT2D eigenvalue weighted by Crippen LogP contribution is -2.44. The van der Waals surface area contributed by atoms with Gasteiger partial charge in [0.15, 0.2) is 0 Å². The van der Waals surface area contributed by atoms with Gasteiger partial charge >= 0.3 is 0 Å². The van der Waals surface area contributed by atoms with Crippen molar-refractivity contribution in [3.63, 3.8) is 0 Å². The van der Waals surface area contributed by atoms with Crippen molar-refractivity contribution in [3.8, 4) is 11.4 Å². The Balaban J connectivity index is 1.93. The summed E-state index contributed by atoms with van der Waals surface area (Å²) in [5.74, 6) is 1.40. The van der Waals surface area contributed by atoms with Gasteiger partial charge in [0.25, 0.3) is 5.56 Å². The maximum atomic E-state index is 13.5. The second kappa shape index (κ2) is 8.43. The molecule has 0 amide bonds. The van der Waals surface area contributed by atoms with Gasteiger partial charge in [-0.3, -0.25) is 14.3 Å². The highest BCUT2D eigenvalue weighted by atomic mass is 79.9. The molecule has 1 saturated heterocycles. The quantitative estimate of drug-likeness (QED) is 0.657. The van der Waals surface area contributed by atoms with Gasteiger partial charge in [-0.1, -0.05) is 28.1 Å². The van der Waals surface area contributed by atoms with Gasteiger partial charge in [-0.2, -0.15) is 0 Å². The molecule has 1 fully saturated rings. The molecule has 6 nitrogen and oxygen atoms in total. The van der Waals surface area contributed by atoms with Gasteiger partial charge in [0.1, 0.15) is 11.6 Å². The van der Waals surface area contributed by atoms with Gasteiger partial charge in [-0.15, -0.1) is 0 Å². The first-order valence-electron chi connectivity index (χ1n) is 9.54. The van der Waals surface area contributed by atoms with Crippen molar-refractivity contribution in [2.45, 2.75) is 13.5 Å². The van der Waals surface area contributed by atoms with E-state index >= 15 is 0 Å². The zero-order chi connectivity index (χ0) is 19.5. The van der Waals surface area contributed by atoms with Crippen molar-refractivity contribution in [1.29, 1.82) is 0 Å². The van der Waals surface area contributed by atoms with E-state index in [4.69, 9.17) is 9.72 Å². The first kappa shape index (κ1) is 19.1. The van der Waals surface area contributed by atoms with Crippen molar-refractivity contribution < 1.29 is 4.74 Å². The molecule has 0 unspecified atom stereocenters. The average Bonchev–Trinajstić information content (AvgIpc) is 2.71. The number of nitrogens with zero attached hydrogens (tertiary/aromatic N) is 3. The van der Waals surface area contributed by atoms with Crippen LogP contribution in [0.2, 0.25) is 0 Å². The van der Waals surface area contributed by atoms with Gasteiger partial charge < -0.3 is 10.1 Å². The van der Waals surface area contributed by atoms with Crippen LogP contribution in [-0.4, -0.2) is 47.2 Å². The lowest BCUT2D eigenvalue weighted by Gasteiger charge is -2.28. The van der Waals surface area contributed by atoms with E-state index in [1.54, 1.807) is 4.57 Å². The second-order valence-electron chi connectivity index (χ2n) is 6.76. The van der Waals surface area contributed by atoms with Crippen molar-refractivity contribution in [2.24, 2.45) is 0 Å². The number of fused-ring (bicyclic) bond motifs is 1. The first-order valence-corrected chi connectivity index (χ1v) is 10.3. The Hall–Kier alpha value is -2.22. The van der Waals surface area contributed by atoms with E-state index in [-0.39, 0.29) is 5.56 Å². The van der Waals surface area contributed by atoms with Gasteiger partial charge in [0, 0.05) is 30.7 Å². The Kier molecular flexibility index (Phi) is 5.75. The van der Waals surface area contributed by atoms with Gasteiger partial charge in [0.05, 0.1) is 29.7 Å². The molecule has 28 heavy (non-hydrogen) atoms. The summed E-state index contributed by atoms with van der Waals surface area (Å²) in [6.07, 6.45) is 0. The van der Waals surface area contributed by atoms with Crippen LogP contribution in [0.25, 0.3) is 16.6 Å². The normalized spacial score (nSPS) is 15.1. The predicted molar refractivity (Wildman–Crippen MR) is 114 cm³/mol. The maximum Gasteiger partial charge on any atom is 0.266 e. The molecular weight excluding hydrogens is 420 g/mol. The number of para-hydroxylation sites is 1. The summed E-state index contributed by atoms with van der Waals surface area (Å²) in [6, 6.07) is 13.2. The molecule has 4 rings (SSSR count). The minimum atomic E-state index is -0.0743. The molecule has 3 aromatic rings. The summed E-state index contributed by atoms with van der Waals surface area (Å²) >= 11 is 3.53. The van der Waals surface area contributed by atoms with Crippen LogP contribution >= 0.6 is 15.9 Å². The molecule has 0 bridgehead atoms. The van der Waals surface area contributed by atoms with Gasteiger partial charge in [0.2, 0.25) is 0 Å². The maximum absolute atomic E-state index is 13.5. The lowest BCUT2D eigenvalue weighted by atomic mass is 10.2. The van der Waals surface area contributed by atoms with Crippen LogP contribution in [-0.2, 0) is 6.54 Å². The third-order valence-electron chi connectivity index (χ3n) is 4.88. The van der Waals surface area contributed by atoms with Crippen molar-refractivity contribution >= 4 is 26.8 Å². The van der Waals surface area contributed by atoms with E-state index in [2.05, 4.69) is 26.1 Å². The highest BCUT2D eigenvalue weighted by molar-refractivity contribution is 9.10. The third-order valence-corrected chi connectivity index (χ3v) is 5.37. The number of ether oxygens (including phenoxy) is 1. The number of benzene rings is 2. The van der Waals surface area contributed by atoms with Crippen molar-refractivity contribution in [2.75, 3.05) is 32.8 Å². The Labute approximate surface area is 172 Å². The van der Waals surface area contributed by atoms with Crippen molar-refractivity contribution in [3.05, 3.63) is 63.1 Å². The summed E-state index contributed by atoms with van der Waals surface area (Å²) in [5.41, 5.74) is 1.36. The van der Waals surface area contributed by atoms with E-state index < -0.39 is 0 Å². The molecule has 7 heteroatoms. The minimum Gasteiger partial charge on any atom is -0.492 e. The topological polar surface area (TPSA) is 59.4 Å². The molecule has 146 valence electrons. The van der Waals surface area contributed by atoms with E-state index in [1.807, 2.05) is 49.4 Å². The Bertz CT molecular complexity index is 1040. The van der Waals surface area contributed by atoms with Gasteiger partial charge in [-0.25, -0.2) is 4.98 Å². The van der Waals surface area contributed by atoms with Crippen LogP contribution in [0.5, 0.6) is 5.75 Å². The highest BCUT2D eigenvalue weighted by Crippen LogP contribution is 2.28. The number of piperazine rings is 1. The predicted octanol–water partition coefficient (Wildman–Crippen LogP) is 2.95. The van der Waals surface area contributed by atoms with E-state index in [0.717, 1.165) is 42.0 Å². The number of rotatable bonds is 5. The zero-order valence-corrected chi connectivity index (χ0v) is 17.4. The number of nitrogens with one attached hydrogen (secondary N) is 1. The van der Waals surface area contributed by atoms with Crippen LogP contribution in [0.1, 0.15) is 12.7 Å². The summed E-state index contributed by atoms with van der Waals surface area (Å²) in [7, 11) is 0. The number of halogens is 1. The van der Waals surface area contributed by atoms with E-state index in [9.17, 15) is 4.79 Å². The molecule has 0 atom stereocenters. The standard InChI is InChI=1S/C21H23BrN4O2/c1-2-28-19-8-7-15(22)13-18(19)26-20(14-25-11-9-23-10-12-25)24-17-6-4-3-5-16(17)21(26)27/h3-8,13,23H,2,9-12,14H2,1H3. The van der Waals surface area contributed by atoms with Crippen LogP contribution in [0.15, 0.2) is 51.7 Å². The number of hydrogen-bond donors (Lipinski definition) is 1. The van der Waals surface area contributed by atoms with Crippen LogP contribution in [0.3, 0.4) is 0 Å². The van der Waals surface area contributed by atoms with Crippen LogP contribution in [0, 0.1) is 0 Å². The lowest BCUT2D eigenvalue weighted by molar-refractivity contribution is 0.226. The molecule has 1 aromatic heterocycles. The largest absolute Gasteiger partial charge is 0.492 e. The fourth-order valence-electron chi connectivity index (χ4n) is 3.55. The molecule has 1 aliphatic heterocycles. The summed E-state index contributed by atoms with van der Waals surface area (Å²) in [4.78, 5) is 20.7. The average molecular weight is 443 g/mol. The zero-order valence-electron chi connectivity index (χ0n) is 15.8. The molecule has 0 aliphatic carbocycles. The molecule has 2 heterocycles. The molecule has 1 N–H and O–H groups in total. The molecule has 2 aromatic carbocycles. The van der Waals surface area contributed by atoms with Crippen molar-refractivity contribution in [1.82, 2.24) is 19.8 Å². The SMILES string of the molecule is CCOc1ccc(Br)cc1-n1c(CN2CCNCC2)nc2ccccc2c1=O. The highest BCUT2D eigenvalue weighted by Gasteiger charge is 2.19. The first-order chi connectivity index (χ1) is 13.7. The number of hydrogen-bond acceptors (Lipinski definition) is 5. The molecule has 1 aliphatic rings. The number of aromatic nitrogens is 2. The Morgan fingerprint density at radius 1 is 1.18 bits per heavy atom.